The molecule has 0 aliphatic carbocycles. The number of rotatable bonds is 4. The number of hydrogen-bond acceptors (Lipinski definition) is 5. The summed E-state index contributed by atoms with van der Waals surface area (Å²) in [5.74, 6) is 0.309. The largest absolute Gasteiger partial charge is 0.477 e. The predicted molar refractivity (Wildman–Crippen MR) is 92.7 cm³/mol. The number of thiophene rings is 1. The van der Waals surface area contributed by atoms with Gasteiger partial charge in [-0.2, -0.15) is 0 Å². The number of amides is 1. The third kappa shape index (κ3) is 3.13. The highest BCUT2D eigenvalue weighted by Crippen LogP contribution is 2.34. The number of anilines is 1. The van der Waals surface area contributed by atoms with Crippen molar-refractivity contribution in [3.8, 4) is 5.88 Å². The minimum atomic E-state index is -0.199. The third-order valence-corrected chi connectivity index (χ3v) is 4.70. The summed E-state index contributed by atoms with van der Waals surface area (Å²) in [5.41, 5.74) is 1.46. The number of aryl methyl sites for hydroxylation is 1. The van der Waals surface area contributed by atoms with Gasteiger partial charge in [-0.1, -0.05) is 17.7 Å². The van der Waals surface area contributed by atoms with Gasteiger partial charge in [0.05, 0.1) is 16.9 Å². The molecule has 0 unspecified atom stereocenters. The fraction of sp³-hybridized carbons (Fsp3) is 0.188. The Morgan fingerprint density at radius 3 is 2.96 bits per heavy atom. The smallest absolute Gasteiger partial charge is 0.266 e. The zero-order valence-electron chi connectivity index (χ0n) is 12.6. The Bertz CT molecular complexity index is 879. The van der Waals surface area contributed by atoms with E-state index in [9.17, 15) is 4.79 Å². The highest BCUT2D eigenvalue weighted by Gasteiger charge is 2.20. The topological polar surface area (TPSA) is 64.1 Å². The molecule has 7 heteroatoms. The Morgan fingerprint density at radius 2 is 2.22 bits per heavy atom. The quantitative estimate of drug-likeness (QED) is 0.764. The monoisotopic (exact) mass is 347 g/mol. The second-order valence-electron chi connectivity index (χ2n) is 4.81. The van der Waals surface area contributed by atoms with E-state index >= 15 is 0 Å². The molecule has 1 N–H and O–H groups in total. The number of carbonyl (C=O) groups is 1. The van der Waals surface area contributed by atoms with Gasteiger partial charge in [0.15, 0.2) is 0 Å². The lowest BCUT2D eigenvalue weighted by Gasteiger charge is -2.05. The molecular formula is C16H14ClN3O2S. The Labute approximate surface area is 142 Å². The van der Waals surface area contributed by atoms with Crippen LogP contribution in [0.3, 0.4) is 0 Å². The molecule has 0 fully saturated rings. The van der Waals surface area contributed by atoms with Crippen molar-refractivity contribution in [3.63, 3.8) is 0 Å². The number of nitrogens with one attached hydrogen (secondary N) is 1. The van der Waals surface area contributed by atoms with E-state index in [1.165, 1.54) is 17.7 Å². The fourth-order valence-electron chi connectivity index (χ4n) is 2.26. The lowest BCUT2D eigenvalue weighted by atomic mass is 10.2. The third-order valence-electron chi connectivity index (χ3n) is 3.26. The van der Waals surface area contributed by atoms with Crippen LogP contribution >= 0.6 is 22.9 Å². The Morgan fingerprint density at radius 1 is 1.39 bits per heavy atom. The first-order valence-electron chi connectivity index (χ1n) is 7.04. The van der Waals surface area contributed by atoms with Crippen molar-refractivity contribution in [2.24, 2.45) is 0 Å². The molecule has 0 saturated carbocycles. The summed E-state index contributed by atoms with van der Waals surface area (Å²) in [6, 6.07) is 7.03. The highest BCUT2D eigenvalue weighted by molar-refractivity contribution is 7.20. The first-order valence-corrected chi connectivity index (χ1v) is 8.23. The molecule has 3 aromatic rings. The van der Waals surface area contributed by atoms with Gasteiger partial charge in [0, 0.05) is 10.7 Å². The van der Waals surface area contributed by atoms with Gasteiger partial charge >= 0.3 is 0 Å². The van der Waals surface area contributed by atoms with Crippen LogP contribution in [-0.4, -0.2) is 22.5 Å². The lowest BCUT2D eigenvalue weighted by molar-refractivity contribution is 0.103. The molecule has 118 valence electrons. The normalized spacial score (nSPS) is 10.7. The molecule has 1 aromatic carbocycles. The number of aromatic nitrogens is 2. The number of halogens is 1. The summed E-state index contributed by atoms with van der Waals surface area (Å²) in [5, 5.41) is 4.21. The van der Waals surface area contributed by atoms with E-state index in [-0.39, 0.29) is 5.91 Å². The van der Waals surface area contributed by atoms with Gasteiger partial charge in [0.2, 0.25) is 5.88 Å². The zero-order valence-corrected chi connectivity index (χ0v) is 14.2. The van der Waals surface area contributed by atoms with Crippen molar-refractivity contribution in [1.29, 1.82) is 0 Å². The molecule has 0 aliphatic heterocycles. The van der Waals surface area contributed by atoms with Crippen LogP contribution in [0.1, 0.15) is 22.2 Å². The summed E-state index contributed by atoms with van der Waals surface area (Å²) in [6.07, 6.45) is 1.45. The molecule has 1 amide bonds. The van der Waals surface area contributed by atoms with Crippen LogP contribution in [-0.2, 0) is 0 Å². The standard InChI is InChI=1S/C16H14ClN3O2S/c1-3-22-15-12-9(2)13(23-16(12)19-8-18-15)14(21)20-11-6-4-5-10(17)7-11/h4-8H,3H2,1-2H3,(H,20,21). The molecule has 0 bridgehead atoms. The summed E-state index contributed by atoms with van der Waals surface area (Å²) >= 11 is 7.26. The first kappa shape index (κ1) is 15.7. The average Bonchev–Trinajstić information content (AvgIpc) is 2.86. The summed E-state index contributed by atoms with van der Waals surface area (Å²) in [6.45, 7) is 4.27. The van der Waals surface area contributed by atoms with E-state index in [4.69, 9.17) is 16.3 Å². The number of ether oxygens (including phenoxy) is 1. The summed E-state index contributed by atoms with van der Waals surface area (Å²) in [7, 11) is 0. The van der Waals surface area contributed by atoms with E-state index in [1.807, 2.05) is 13.8 Å². The van der Waals surface area contributed by atoms with Crippen molar-refractivity contribution in [2.45, 2.75) is 13.8 Å². The Kier molecular flexibility index (Phi) is 4.45. The molecule has 3 rings (SSSR count). The molecule has 5 nitrogen and oxygen atoms in total. The molecular weight excluding hydrogens is 334 g/mol. The van der Waals surface area contributed by atoms with Gasteiger partial charge in [0.25, 0.3) is 5.91 Å². The fourth-order valence-corrected chi connectivity index (χ4v) is 3.48. The van der Waals surface area contributed by atoms with Gasteiger partial charge in [-0.15, -0.1) is 11.3 Å². The van der Waals surface area contributed by atoms with E-state index < -0.39 is 0 Å². The number of carbonyl (C=O) groups excluding carboxylic acids is 1. The minimum absolute atomic E-state index is 0.199. The lowest BCUT2D eigenvalue weighted by Crippen LogP contribution is -2.11. The maximum absolute atomic E-state index is 12.6. The first-order chi connectivity index (χ1) is 11.1. The Balaban J connectivity index is 1.98. The van der Waals surface area contributed by atoms with Crippen LogP contribution in [0.2, 0.25) is 5.02 Å². The van der Waals surface area contributed by atoms with Gasteiger partial charge in [-0.05, 0) is 37.6 Å². The molecule has 0 atom stereocenters. The molecule has 23 heavy (non-hydrogen) atoms. The highest BCUT2D eigenvalue weighted by atomic mass is 35.5. The molecule has 0 aliphatic rings. The van der Waals surface area contributed by atoms with Crippen molar-refractivity contribution < 1.29 is 9.53 Å². The van der Waals surface area contributed by atoms with Crippen LogP contribution in [0.15, 0.2) is 30.6 Å². The van der Waals surface area contributed by atoms with Gasteiger partial charge in [-0.3, -0.25) is 4.79 Å². The van der Waals surface area contributed by atoms with Crippen LogP contribution in [0.5, 0.6) is 5.88 Å². The van der Waals surface area contributed by atoms with Gasteiger partial charge in [-0.25, -0.2) is 9.97 Å². The second kappa shape index (κ2) is 6.52. The van der Waals surface area contributed by atoms with Crippen molar-refractivity contribution in [2.75, 3.05) is 11.9 Å². The molecule has 2 aromatic heterocycles. The van der Waals surface area contributed by atoms with E-state index in [0.29, 0.717) is 28.1 Å². The molecule has 0 saturated heterocycles. The summed E-state index contributed by atoms with van der Waals surface area (Å²) in [4.78, 5) is 22.3. The SMILES string of the molecule is CCOc1ncnc2sc(C(=O)Nc3cccc(Cl)c3)c(C)c12. The predicted octanol–water partition coefficient (Wildman–Crippen LogP) is 4.30. The summed E-state index contributed by atoms with van der Waals surface area (Å²) < 4.78 is 5.53. The average molecular weight is 348 g/mol. The molecule has 0 radical (unpaired) electrons. The van der Waals surface area contributed by atoms with Crippen LogP contribution in [0.25, 0.3) is 10.2 Å². The second-order valence-corrected chi connectivity index (χ2v) is 6.25. The zero-order chi connectivity index (χ0) is 16.4. The number of hydrogen-bond donors (Lipinski definition) is 1. The maximum Gasteiger partial charge on any atom is 0.266 e. The maximum atomic E-state index is 12.6. The van der Waals surface area contributed by atoms with E-state index in [0.717, 1.165) is 15.8 Å². The minimum Gasteiger partial charge on any atom is -0.477 e. The van der Waals surface area contributed by atoms with E-state index in [1.54, 1.807) is 24.3 Å². The van der Waals surface area contributed by atoms with Crippen molar-refractivity contribution >= 4 is 44.7 Å². The molecule has 2 heterocycles. The van der Waals surface area contributed by atoms with Crippen molar-refractivity contribution in [3.05, 3.63) is 46.1 Å². The van der Waals surface area contributed by atoms with Gasteiger partial charge < -0.3 is 10.1 Å². The van der Waals surface area contributed by atoms with Crippen LogP contribution in [0, 0.1) is 6.92 Å². The van der Waals surface area contributed by atoms with Crippen LogP contribution < -0.4 is 10.1 Å². The van der Waals surface area contributed by atoms with Gasteiger partial charge in [0.1, 0.15) is 11.2 Å². The number of nitrogens with zero attached hydrogens (tertiary/aromatic N) is 2. The van der Waals surface area contributed by atoms with E-state index in [2.05, 4.69) is 15.3 Å². The van der Waals surface area contributed by atoms with Crippen molar-refractivity contribution in [1.82, 2.24) is 9.97 Å². The Hall–Kier alpha value is -2.18. The van der Waals surface area contributed by atoms with Crippen LogP contribution in [0.4, 0.5) is 5.69 Å². The molecule has 0 spiro atoms. The number of fused-ring (bicyclic) bond motifs is 1. The number of benzene rings is 1.